The molecule has 0 bridgehead atoms. The van der Waals surface area contributed by atoms with Gasteiger partial charge in [0.05, 0.1) is 26.4 Å². The zero-order valence-corrected chi connectivity index (χ0v) is 54.0. The van der Waals surface area contributed by atoms with E-state index in [1.54, 1.807) is 0 Å². The van der Waals surface area contributed by atoms with Crippen molar-refractivity contribution in [2.45, 2.75) is 317 Å². The summed E-state index contributed by atoms with van der Waals surface area (Å²) < 4.78 is 67.8. The second-order valence-electron chi connectivity index (χ2n) is 23.6. The molecular weight excluding hydrogens is 1080 g/mol. The Hall–Kier alpha value is -1.94. The highest BCUT2D eigenvalue weighted by Gasteiger charge is 2.30. The molecule has 0 rings (SSSR count). The van der Waals surface area contributed by atoms with Crippen LogP contribution < -0.4 is 0 Å². The molecular formula is C62H120O17P2. The van der Waals surface area contributed by atoms with E-state index in [9.17, 15) is 43.2 Å². The molecule has 3 unspecified atom stereocenters. The van der Waals surface area contributed by atoms with Gasteiger partial charge in [-0.25, -0.2) is 9.13 Å². The van der Waals surface area contributed by atoms with Gasteiger partial charge in [-0.2, -0.15) is 0 Å². The van der Waals surface area contributed by atoms with Crippen LogP contribution in [0.4, 0.5) is 0 Å². The van der Waals surface area contributed by atoms with E-state index in [2.05, 4.69) is 48.5 Å². The van der Waals surface area contributed by atoms with E-state index in [-0.39, 0.29) is 25.7 Å². The van der Waals surface area contributed by atoms with E-state index in [1.807, 2.05) is 0 Å². The molecule has 3 N–H and O–H groups in total. The normalized spacial score (nSPS) is 14.8. The Morgan fingerprint density at radius 2 is 0.630 bits per heavy atom. The standard InChI is InChI=1S/C62H120O17P2/c1-8-10-11-12-13-16-20-29-36-43-59(64)72-49-58(79-62(67)46-39-32-24-22-27-34-41-54(5)6)52-77-81(70,71)75-48-56(63)47-74-80(68,69)76-51-57(50-73-60(65)44-37-30-25-23-28-35-42-55(7)9-2)78-61(66)45-38-31-21-18-15-14-17-19-26-33-40-53(3)4/h53-58,63H,8-52H2,1-7H3,(H,68,69)(H,70,71)/t55?,56-,57-,58-/m1/s1. The van der Waals surface area contributed by atoms with E-state index >= 15 is 0 Å². The van der Waals surface area contributed by atoms with Gasteiger partial charge in [0.1, 0.15) is 19.3 Å². The number of unbranched alkanes of at least 4 members (excludes halogenated alkanes) is 27. The highest BCUT2D eigenvalue weighted by atomic mass is 31.2. The van der Waals surface area contributed by atoms with Gasteiger partial charge in [0.25, 0.3) is 0 Å². The zero-order chi connectivity index (χ0) is 60.3. The fourth-order valence-corrected chi connectivity index (χ4v) is 10.7. The van der Waals surface area contributed by atoms with Crippen LogP contribution >= 0.6 is 15.6 Å². The number of aliphatic hydroxyl groups is 1. The lowest BCUT2D eigenvalue weighted by Crippen LogP contribution is -2.30. The summed E-state index contributed by atoms with van der Waals surface area (Å²) in [6.45, 7) is 11.6. The highest BCUT2D eigenvalue weighted by Crippen LogP contribution is 2.45. The maximum absolute atomic E-state index is 13.0. The van der Waals surface area contributed by atoms with Gasteiger partial charge in [0.2, 0.25) is 0 Å². The van der Waals surface area contributed by atoms with Gasteiger partial charge in [0.15, 0.2) is 12.2 Å². The molecule has 19 heteroatoms. The first-order valence-electron chi connectivity index (χ1n) is 32.4. The molecule has 0 saturated carbocycles. The third kappa shape index (κ3) is 55.7. The van der Waals surface area contributed by atoms with Crippen molar-refractivity contribution >= 4 is 39.5 Å². The minimum absolute atomic E-state index is 0.101. The molecule has 0 saturated heterocycles. The summed E-state index contributed by atoms with van der Waals surface area (Å²) in [5, 5.41) is 10.5. The maximum Gasteiger partial charge on any atom is 0.472 e. The SMILES string of the molecule is CCCCCCCCCCCC(=O)OC[C@H](COP(=O)(O)OC[C@H](O)COP(=O)(O)OC[C@@H](COC(=O)CCCCCCCCC(C)CC)OC(=O)CCCCCCCCCCCCC(C)C)OC(=O)CCCCCCCCC(C)C. The first kappa shape index (κ1) is 79.1. The molecule has 0 amide bonds. The number of hydrogen-bond donors (Lipinski definition) is 3. The summed E-state index contributed by atoms with van der Waals surface area (Å²) in [4.78, 5) is 72.0. The molecule has 0 fully saturated rings. The van der Waals surface area contributed by atoms with E-state index in [0.29, 0.717) is 31.6 Å². The molecule has 0 aliphatic heterocycles. The van der Waals surface area contributed by atoms with Crippen molar-refractivity contribution < 1.29 is 80.2 Å². The van der Waals surface area contributed by atoms with E-state index in [0.717, 1.165) is 108 Å². The number of aliphatic hydroxyl groups excluding tert-OH is 1. The molecule has 17 nitrogen and oxygen atoms in total. The van der Waals surface area contributed by atoms with Gasteiger partial charge in [-0.3, -0.25) is 37.3 Å². The molecule has 0 aromatic rings. The average Bonchev–Trinajstić information content (AvgIpc) is 3.42. The summed E-state index contributed by atoms with van der Waals surface area (Å²) in [5.74, 6) is 0.00798. The average molecular weight is 1200 g/mol. The van der Waals surface area contributed by atoms with Crippen LogP contribution in [0.3, 0.4) is 0 Å². The topological polar surface area (TPSA) is 237 Å². The predicted molar refractivity (Wildman–Crippen MR) is 321 cm³/mol. The predicted octanol–water partition coefficient (Wildman–Crippen LogP) is 16.7. The monoisotopic (exact) mass is 1200 g/mol. The zero-order valence-electron chi connectivity index (χ0n) is 52.2. The largest absolute Gasteiger partial charge is 0.472 e. The maximum atomic E-state index is 13.0. The smallest absolute Gasteiger partial charge is 0.462 e. The Bertz CT molecular complexity index is 1620. The first-order valence-corrected chi connectivity index (χ1v) is 35.4. The van der Waals surface area contributed by atoms with Crippen molar-refractivity contribution in [2.24, 2.45) is 17.8 Å². The Kier molecular flexibility index (Phi) is 52.2. The minimum atomic E-state index is -4.94. The molecule has 0 aliphatic carbocycles. The van der Waals surface area contributed by atoms with Crippen molar-refractivity contribution in [3.63, 3.8) is 0 Å². The molecule has 6 atom stereocenters. The number of phosphoric ester groups is 2. The molecule has 0 aliphatic rings. The number of esters is 4. The van der Waals surface area contributed by atoms with Gasteiger partial charge >= 0.3 is 39.5 Å². The van der Waals surface area contributed by atoms with Crippen molar-refractivity contribution in [3.8, 4) is 0 Å². The Morgan fingerprint density at radius 3 is 0.938 bits per heavy atom. The van der Waals surface area contributed by atoms with Crippen LogP contribution in [0.1, 0.15) is 299 Å². The molecule has 81 heavy (non-hydrogen) atoms. The molecule has 0 aromatic carbocycles. The molecule has 0 aromatic heterocycles. The van der Waals surface area contributed by atoms with Crippen molar-refractivity contribution in [3.05, 3.63) is 0 Å². The molecule has 0 heterocycles. The van der Waals surface area contributed by atoms with E-state index in [4.69, 9.17) is 37.0 Å². The fraction of sp³-hybridized carbons (Fsp3) is 0.935. The second-order valence-corrected chi connectivity index (χ2v) is 26.5. The lowest BCUT2D eigenvalue weighted by atomic mass is 10.00. The van der Waals surface area contributed by atoms with E-state index in [1.165, 1.54) is 103 Å². The van der Waals surface area contributed by atoms with Gasteiger partial charge in [-0.1, -0.05) is 248 Å². The summed E-state index contributed by atoms with van der Waals surface area (Å²) in [7, 11) is -9.88. The van der Waals surface area contributed by atoms with Crippen LogP contribution in [0.25, 0.3) is 0 Å². The van der Waals surface area contributed by atoms with Crippen LogP contribution in [0.15, 0.2) is 0 Å². The Balaban J connectivity index is 5.24. The van der Waals surface area contributed by atoms with Crippen LogP contribution in [0.2, 0.25) is 0 Å². The fourth-order valence-electron chi connectivity index (χ4n) is 9.09. The third-order valence-electron chi connectivity index (χ3n) is 14.5. The molecule has 0 radical (unpaired) electrons. The lowest BCUT2D eigenvalue weighted by Gasteiger charge is -2.21. The summed E-state index contributed by atoms with van der Waals surface area (Å²) >= 11 is 0. The third-order valence-corrected chi connectivity index (χ3v) is 16.4. The number of phosphoric acid groups is 2. The first-order chi connectivity index (χ1) is 38.8. The van der Waals surface area contributed by atoms with Gasteiger partial charge in [-0.05, 0) is 43.4 Å². The van der Waals surface area contributed by atoms with Crippen molar-refractivity contribution in [1.29, 1.82) is 0 Å². The second kappa shape index (κ2) is 53.5. The number of ether oxygens (including phenoxy) is 4. The molecule has 0 spiro atoms. The van der Waals surface area contributed by atoms with Gasteiger partial charge in [0, 0.05) is 25.7 Å². The number of carbonyl (C=O) groups excluding carboxylic acids is 4. The van der Waals surface area contributed by atoms with Crippen LogP contribution in [-0.2, 0) is 65.4 Å². The van der Waals surface area contributed by atoms with Crippen LogP contribution in [-0.4, -0.2) is 96.7 Å². The lowest BCUT2D eigenvalue weighted by molar-refractivity contribution is -0.161. The Morgan fingerprint density at radius 1 is 0.358 bits per heavy atom. The number of rotatable bonds is 60. The summed E-state index contributed by atoms with van der Waals surface area (Å²) in [6.07, 6.45) is 33.6. The van der Waals surface area contributed by atoms with Gasteiger partial charge in [-0.15, -0.1) is 0 Å². The van der Waals surface area contributed by atoms with Crippen molar-refractivity contribution in [2.75, 3.05) is 39.6 Å². The summed E-state index contributed by atoms with van der Waals surface area (Å²) in [6, 6.07) is 0. The highest BCUT2D eigenvalue weighted by molar-refractivity contribution is 7.47. The van der Waals surface area contributed by atoms with Crippen LogP contribution in [0.5, 0.6) is 0 Å². The van der Waals surface area contributed by atoms with Crippen molar-refractivity contribution in [1.82, 2.24) is 0 Å². The minimum Gasteiger partial charge on any atom is -0.462 e. The quantitative estimate of drug-likeness (QED) is 0.0222. The van der Waals surface area contributed by atoms with Gasteiger partial charge < -0.3 is 33.8 Å². The van der Waals surface area contributed by atoms with Crippen LogP contribution in [0, 0.1) is 17.8 Å². The number of hydrogen-bond acceptors (Lipinski definition) is 15. The van der Waals surface area contributed by atoms with E-state index < -0.39 is 97.5 Å². The Labute approximate surface area is 492 Å². The molecule has 480 valence electrons. The summed E-state index contributed by atoms with van der Waals surface area (Å²) in [5.41, 5.74) is 0. The number of carbonyl (C=O) groups is 4.